The molecule has 33 heavy (non-hydrogen) atoms. The van der Waals surface area contributed by atoms with E-state index in [9.17, 15) is 17.6 Å². The molecular formula is C24H24ClFN2O3S2. The molecule has 0 aromatic heterocycles. The van der Waals surface area contributed by atoms with E-state index in [4.69, 9.17) is 11.6 Å². The lowest BCUT2D eigenvalue weighted by Gasteiger charge is -2.13. The van der Waals surface area contributed by atoms with Crippen LogP contribution in [0.15, 0.2) is 65.6 Å². The minimum atomic E-state index is -3.87. The Labute approximate surface area is 202 Å². The summed E-state index contributed by atoms with van der Waals surface area (Å²) in [6.07, 6.45) is 0. The van der Waals surface area contributed by atoms with Gasteiger partial charge in [-0.15, -0.1) is 0 Å². The SMILES string of the molecule is Cc1cccc(NS(=O)(=O)c2cc(C(=O)NCCSCc3c(F)cccc3Cl)ccc2C)c1. The summed E-state index contributed by atoms with van der Waals surface area (Å²) in [5.74, 6) is 0.194. The van der Waals surface area contributed by atoms with E-state index in [1.165, 1.54) is 23.9 Å². The molecule has 0 saturated carbocycles. The van der Waals surface area contributed by atoms with Gasteiger partial charge in [-0.2, -0.15) is 11.8 Å². The second-order valence-corrected chi connectivity index (χ2v) is 10.6. The maximum Gasteiger partial charge on any atom is 0.262 e. The van der Waals surface area contributed by atoms with Crippen molar-refractivity contribution in [3.63, 3.8) is 0 Å². The lowest BCUT2D eigenvalue weighted by Crippen LogP contribution is -2.26. The molecule has 0 saturated heterocycles. The summed E-state index contributed by atoms with van der Waals surface area (Å²) in [7, 11) is -3.87. The summed E-state index contributed by atoms with van der Waals surface area (Å²) in [4.78, 5) is 12.6. The van der Waals surface area contributed by atoms with Crippen LogP contribution >= 0.6 is 23.4 Å². The summed E-state index contributed by atoms with van der Waals surface area (Å²) in [6, 6.07) is 16.2. The van der Waals surface area contributed by atoms with Crippen molar-refractivity contribution in [3.05, 3.63) is 93.8 Å². The van der Waals surface area contributed by atoms with Gasteiger partial charge in [0.05, 0.1) is 4.90 Å². The highest BCUT2D eigenvalue weighted by atomic mass is 35.5. The van der Waals surface area contributed by atoms with Crippen molar-refractivity contribution >= 4 is 45.0 Å². The number of sulfonamides is 1. The first-order chi connectivity index (χ1) is 15.7. The number of aryl methyl sites for hydroxylation is 2. The van der Waals surface area contributed by atoms with Gasteiger partial charge >= 0.3 is 0 Å². The van der Waals surface area contributed by atoms with Gasteiger partial charge in [0.2, 0.25) is 0 Å². The summed E-state index contributed by atoms with van der Waals surface area (Å²) in [6.45, 7) is 3.89. The van der Waals surface area contributed by atoms with Crippen LogP contribution in [0.1, 0.15) is 27.0 Å². The topological polar surface area (TPSA) is 75.3 Å². The number of hydrogen-bond donors (Lipinski definition) is 2. The maximum atomic E-state index is 13.8. The van der Waals surface area contributed by atoms with Gasteiger partial charge in [0.15, 0.2) is 0 Å². The second kappa shape index (κ2) is 11.0. The Balaban J connectivity index is 1.60. The molecule has 0 aliphatic carbocycles. The van der Waals surface area contributed by atoms with E-state index >= 15 is 0 Å². The van der Waals surface area contributed by atoms with Gasteiger partial charge in [0.1, 0.15) is 5.82 Å². The summed E-state index contributed by atoms with van der Waals surface area (Å²) >= 11 is 7.46. The quantitative estimate of drug-likeness (QED) is 0.372. The fourth-order valence-electron chi connectivity index (χ4n) is 3.13. The fraction of sp³-hybridized carbons (Fsp3) is 0.208. The monoisotopic (exact) mass is 506 g/mol. The predicted molar refractivity (Wildman–Crippen MR) is 133 cm³/mol. The molecule has 0 aliphatic rings. The summed E-state index contributed by atoms with van der Waals surface area (Å²) in [5.41, 5.74) is 2.59. The number of rotatable bonds is 9. The summed E-state index contributed by atoms with van der Waals surface area (Å²) < 4.78 is 42.2. The molecular weight excluding hydrogens is 483 g/mol. The van der Waals surface area contributed by atoms with Gasteiger partial charge in [0.25, 0.3) is 15.9 Å². The van der Waals surface area contributed by atoms with Gasteiger partial charge < -0.3 is 5.32 Å². The van der Waals surface area contributed by atoms with Crippen molar-refractivity contribution in [2.75, 3.05) is 17.0 Å². The molecule has 0 radical (unpaired) electrons. The van der Waals surface area contributed by atoms with Gasteiger partial charge in [-0.1, -0.05) is 35.9 Å². The lowest BCUT2D eigenvalue weighted by atomic mass is 10.1. The smallest absolute Gasteiger partial charge is 0.262 e. The number of halogens is 2. The van der Waals surface area contributed by atoms with E-state index in [0.29, 0.717) is 39.9 Å². The van der Waals surface area contributed by atoms with E-state index in [2.05, 4.69) is 10.0 Å². The van der Waals surface area contributed by atoms with Crippen LogP contribution in [-0.4, -0.2) is 26.6 Å². The Morgan fingerprint density at radius 2 is 1.82 bits per heavy atom. The molecule has 3 rings (SSSR count). The van der Waals surface area contributed by atoms with Crippen LogP contribution < -0.4 is 10.0 Å². The highest BCUT2D eigenvalue weighted by Gasteiger charge is 2.19. The van der Waals surface area contributed by atoms with Crippen LogP contribution in [0.3, 0.4) is 0 Å². The van der Waals surface area contributed by atoms with Crippen LogP contribution in [0.25, 0.3) is 0 Å². The minimum Gasteiger partial charge on any atom is -0.351 e. The number of hydrogen-bond acceptors (Lipinski definition) is 4. The standard InChI is InChI=1S/C24H24ClFN2O3S2/c1-16-5-3-6-19(13-16)28-33(30,31)23-14-18(10-9-17(23)2)24(29)27-11-12-32-15-20-21(25)7-4-8-22(20)26/h3-10,13-14,28H,11-12,15H2,1-2H3,(H,27,29). The van der Waals surface area contributed by atoms with E-state index in [1.807, 2.05) is 13.0 Å². The molecule has 0 fully saturated rings. The number of amides is 1. The molecule has 0 heterocycles. The maximum absolute atomic E-state index is 13.8. The minimum absolute atomic E-state index is 0.0419. The third kappa shape index (κ3) is 6.72. The lowest BCUT2D eigenvalue weighted by molar-refractivity contribution is 0.0956. The Kier molecular flexibility index (Phi) is 8.40. The van der Waals surface area contributed by atoms with Crippen molar-refractivity contribution in [2.45, 2.75) is 24.5 Å². The molecule has 0 unspecified atom stereocenters. The first kappa shape index (κ1) is 25.1. The fourth-order valence-corrected chi connectivity index (χ4v) is 5.65. The van der Waals surface area contributed by atoms with Crippen molar-refractivity contribution in [2.24, 2.45) is 0 Å². The van der Waals surface area contributed by atoms with Crippen molar-refractivity contribution in [3.8, 4) is 0 Å². The highest BCUT2D eigenvalue weighted by molar-refractivity contribution is 7.98. The van der Waals surface area contributed by atoms with Crippen molar-refractivity contribution in [1.29, 1.82) is 0 Å². The zero-order valence-electron chi connectivity index (χ0n) is 18.2. The largest absolute Gasteiger partial charge is 0.351 e. The van der Waals surface area contributed by atoms with Crippen LogP contribution in [0.2, 0.25) is 5.02 Å². The molecule has 3 aromatic rings. The molecule has 3 aromatic carbocycles. The Hall–Kier alpha value is -2.55. The zero-order valence-corrected chi connectivity index (χ0v) is 20.6. The van der Waals surface area contributed by atoms with Crippen molar-refractivity contribution < 1.29 is 17.6 Å². The van der Waals surface area contributed by atoms with Gasteiger partial charge in [-0.3, -0.25) is 9.52 Å². The van der Waals surface area contributed by atoms with E-state index < -0.39 is 10.0 Å². The molecule has 2 N–H and O–H groups in total. The molecule has 0 spiro atoms. The number of anilines is 1. The number of nitrogens with one attached hydrogen (secondary N) is 2. The molecule has 0 bridgehead atoms. The number of carbonyl (C=O) groups excluding carboxylic acids is 1. The number of benzene rings is 3. The first-order valence-electron chi connectivity index (χ1n) is 10.2. The zero-order chi connectivity index (χ0) is 24.0. The third-order valence-corrected chi connectivity index (χ3v) is 7.71. The van der Waals surface area contributed by atoms with E-state index in [1.54, 1.807) is 49.4 Å². The van der Waals surface area contributed by atoms with Crippen LogP contribution in [0.5, 0.6) is 0 Å². The Morgan fingerprint density at radius 3 is 2.55 bits per heavy atom. The second-order valence-electron chi connectivity index (χ2n) is 7.46. The van der Waals surface area contributed by atoms with Gasteiger partial charge in [0, 0.05) is 39.9 Å². The normalized spacial score (nSPS) is 11.3. The van der Waals surface area contributed by atoms with Crippen LogP contribution in [0.4, 0.5) is 10.1 Å². The van der Waals surface area contributed by atoms with Gasteiger partial charge in [-0.05, 0) is 61.4 Å². The third-order valence-electron chi connectivity index (χ3n) is 4.85. The van der Waals surface area contributed by atoms with E-state index in [0.717, 1.165) is 5.56 Å². The molecule has 0 aliphatic heterocycles. The number of carbonyl (C=O) groups is 1. The molecule has 1 amide bonds. The van der Waals surface area contributed by atoms with Gasteiger partial charge in [-0.25, -0.2) is 12.8 Å². The summed E-state index contributed by atoms with van der Waals surface area (Å²) in [5, 5.41) is 3.14. The van der Waals surface area contributed by atoms with Crippen molar-refractivity contribution in [1.82, 2.24) is 5.32 Å². The Bertz CT molecular complexity index is 1250. The predicted octanol–water partition coefficient (Wildman–Crippen LogP) is 5.56. The molecule has 9 heteroatoms. The van der Waals surface area contributed by atoms with Crippen LogP contribution in [0, 0.1) is 19.7 Å². The highest BCUT2D eigenvalue weighted by Crippen LogP contribution is 2.24. The average Bonchev–Trinajstić information content (AvgIpc) is 2.75. The molecule has 174 valence electrons. The molecule has 5 nitrogen and oxygen atoms in total. The first-order valence-corrected chi connectivity index (χ1v) is 13.2. The van der Waals surface area contributed by atoms with E-state index in [-0.39, 0.29) is 22.2 Å². The Morgan fingerprint density at radius 1 is 1.06 bits per heavy atom. The van der Waals surface area contributed by atoms with Crippen LogP contribution in [-0.2, 0) is 15.8 Å². The number of thioether (sulfide) groups is 1. The molecule has 0 atom stereocenters. The average molecular weight is 507 g/mol.